The summed E-state index contributed by atoms with van der Waals surface area (Å²) in [6, 6.07) is 7.66. The van der Waals surface area contributed by atoms with E-state index in [1.54, 1.807) is 18.7 Å². The Hall–Kier alpha value is -2.68. The van der Waals surface area contributed by atoms with Crippen LogP contribution in [0, 0.1) is 17.0 Å². The van der Waals surface area contributed by atoms with Gasteiger partial charge in [0.05, 0.1) is 6.21 Å². The molecule has 1 aromatic carbocycles. The maximum absolute atomic E-state index is 11.8. The van der Waals surface area contributed by atoms with Crippen molar-refractivity contribution in [3.05, 3.63) is 52.0 Å². The van der Waals surface area contributed by atoms with E-state index in [9.17, 15) is 14.9 Å². The summed E-state index contributed by atoms with van der Waals surface area (Å²) >= 11 is 1.64. The van der Waals surface area contributed by atoms with Crippen LogP contribution in [0.2, 0.25) is 0 Å². The summed E-state index contributed by atoms with van der Waals surface area (Å²) in [5.41, 5.74) is 3.19. The van der Waals surface area contributed by atoms with Gasteiger partial charge in [0.15, 0.2) is 12.4 Å². The van der Waals surface area contributed by atoms with Crippen molar-refractivity contribution >= 4 is 29.7 Å². The molecule has 1 N–H and O–H groups in total. The molecule has 2 rings (SSSR count). The molecule has 0 saturated carbocycles. The number of imidazole rings is 1. The Balaban J connectivity index is 1.96. The van der Waals surface area contributed by atoms with Gasteiger partial charge in [-0.3, -0.25) is 4.79 Å². The molecule has 23 heavy (non-hydrogen) atoms. The summed E-state index contributed by atoms with van der Waals surface area (Å²) < 4.78 is 1.22. The fourth-order valence-corrected chi connectivity index (χ4v) is 2.25. The number of carbonyl (C=O) groups is 1. The first-order valence-corrected chi connectivity index (χ1v) is 7.86. The zero-order chi connectivity index (χ0) is 16.8. The molecule has 0 radical (unpaired) electrons. The molecule has 9 heteroatoms. The van der Waals surface area contributed by atoms with E-state index >= 15 is 0 Å². The molecule has 8 nitrogen and oxygen atoms in total. The summed E-state index contributed by atoms with van der Waals surface area (Å²) in [5.74, 6) is -0.302. The highest BCUT2D eigenvalue weighted by molar-refractivity contribution is 7.98. The van der Waals surface area contributed by atoms with Gasteiger partial charge < -0.3 is 10.1 Å². The van der Waals surface area contributed by atoms with Crippen molar-refractivity contribution < 1.29 is 9.72 Å². The number of amides is 1. The zero-order valence-electron chi connectivity index (χ0n) is 12.6. The van der Waals surface area contributed by atoms with Gasteiger partial charge in [0.2, 0.25) is 0 Å². The van der Waals surface area contributed by atoms with Crippen LogP contribution in [0.5, 0.6) is 0 Å². The third kappa shape index (κ3) is 4.39. The number of nitrogens with one attached hydrogen (secondary N) is 1. The van der Waals surface area contributed by atoms with Gasteiger partial charge in [-0.1, -0.05) is 12.1 Å². The summed E-state index contributed by atoms with van der Waals surface area (Å²) in [6.45, 7) is 1.38. The lowest BCUT2D eigenvalue weighted by atomic mass is 10.2. The van der Waals surface area contributed by atoms with Crippen molar-refractivity contribution in [1.82, 2.24) is 15.0 Å². The number of aryl methyl sites for hydroxylation is 1. The third-order valence-corrected chi connectivity index (χ3v) is 3.79. The number of hydrogen-bond donors (Lipinski definition) is 1. The van der Waals surface area contributed by atoms with Crippen molar-refractivity contribution in [2.75, 3.05) is 6.26 Å². The van der Waals surface area contributed by atoms with Crippen LogP contribution in [0.15, 0.2) is 40.5 Å². The summed E-state index contributed by atoms with van der Waals surface area (Å²) in [4.78, 5) is 27.1. The van der Waals surface area contributed by atoms with Gasteiger partial charge in [0.1, 0.15) is 6.20 Å². The van der Waals surface area contributed by atoms with Crippen LogP contribution in [0.4, 0.5) is 5.82 Å². The van der Waals surface area contributed by atoms with Gasteiger partial charge >= 0.3 is 5.82 Å². The quantitative estimate of drug-likeness (QED) is 0.377. The Morgan fingerprint density at radius 2 is 2.17 bits per heavy atom. The van der Waals surface area contributed by atoms with Crippen LogP contribution in [-0.2, 0) is 11.3 Å². The monoisotopic (exact) mass is 333 g/mol. The van der Waals surface area contributed by atoms with E-state index in [-0.39, 0.29) is 12.4 Å². The molecule has 0 spiro atoms. The SMILES string of the molecule is CSc1ccc(/C=N\NC(=O)Cn2c([N+](=O)[O-])cnc2C)cc1. The molecular formula is C14H15N5O3S. The molecule has 2 aromatic rings. The predicted molar refractivity (Wildman–Crippen MR) is 87.6 cm³/mol. The maximum Gasteiger partial charge on any atom is 0.343 e. The topological polar surface area (TPSA) is 102 Å². The summed E-state index contributed by atoms with van der Waals surface area (Å²) in [7, 11) is 0. The Morgan fingerprint density at radius 1 is 1.48 bits per heavy atom. The van der Waals surface area contributed by atoms with E-state index in [1.165, 1.54) is 10.8 Å². The average molecular weight is 333 g/mol. The largest absolute Gasteiger partial charge is 0.358 e. The first-order chi connectivity index (χ1) is 11.0. The van der Waals surface area contributed by atoms with Gasteiger partial charge in [-0.25, -0.2) is 15.0 Å². The summed E-state index contributed by atoms with van der Waals surface area (Å²) in [6.07, 6.45) is 4.62. The van der Waals surface area contributed by atoms with Crippen LogP contribution < -0.4 is 5.43 Å². The highest BCUT2D eigenvalue weighted by Crippen LogP contribution is 2.14. The van der Waals surface area contributed by atoms with Gasteiger partial charge in [-0.05, 0) is 28.9 Å². The highest BCUT2D eigenvalue weighted by atomic mass is 32.2. The van der Waals surface area contributed by atoms with Gasteiger partial charge in [-0.15, -0.1) is 11.8 Å². The number of nitrogens with zero attached hydrogens (tertiary/aromatic N) is 4. The maximum atomic E-state index is 11.8. The number of hydrogen-bond acceptors (Lipinski definition) is 6. The zero-order valence-corrected chi connectivity index (χ0v) is 13.4. The standard InChI is InChI=1S/C14H15N5O3S/c1-10-15-8-14(19(21)22)18(10)9-13(20)17-16-7-11-3-5-12(23-2)6-4-11/h3-8H,9H2,1-2H3,(H,17,20)/b16-7-. The Kier molecular flexibility index (Phi) is 5.47. The van der Waals surface area contributed by atoms with Crippen molar-refractivity contribution in [2.45, 2.75) is 18.4 Å². The molecule has 0 aliphatic heterocycles. The van der Waals surface area contributed by atoms with Gasteiger partial charge in [0.25, 0.3) is 5.91 Å². The van der Waals surface area contributed by atoms with E-state index in [2.05, 4.69) is 15.5 Å². The Bertz CT molecular complexity index is 739. The predicted octanol–water partition coefficient (Wildman–Crippen LogP) is 1.97. The number of rotatable bonds is 6. The van der Waals surface area contributed by atoms with Gasteiger partial charge in [-0.2, -0.15) is 5.10 Å². The lowest BCUT2D eigenvalue weighted by Gasteiger charge is -2.02. The number of nitro groups is 1. The molecule has 0 bridgehead atoms. The lowest BCUT2D eigenvalue weighted by molar-refractivity contribution is -0.392. The van der Waals surface area contributed by atoms with E-state index in [1.807, 2.05) is 30.5 Å². The molecular weight excluding hydrogens is 318 g/mol. The first kappa shape index (κ1) is 16.7. The molecule has 0 fully saturated rings. The molecule has 0 saturated heterocycles. The van der Waals surface area contributed by atoms with Crippen LogP contribution in [0.25, 0.3) is 0 Å². The number of carbonyl (C=O) groups excluding carboxylic acids is 1. The minimum atomic E-state index is -0.580. The number of thioether (sulfide) groups is 1. The van der Waals surface area contributed by atoms with Gasteiger partial charge in [0, 0.05) is 11.8 Å². The third-order valence-electron chi connectivity index (χ3n) is 3.04. The normalized spacial score (nSPS) is 10.9. The lowest BCUT2D eigenvalue weighted by Crippen LogP contribution is -2.24. The number of hydrazone groups is 1. The van der Waals surface area contributed by atoms with Crippen LogP contribution in [0.3, 0.4) is 0 Å². The van der Waals surface area contributed by atoms with E-state index in [0.29, 0.717) is 5.82 Å². The van der Waals surface area contributed by atoms with E-state index in [4.69, 9.17) is 0 Å². The highest BCUT2D eigenvalue weighted by Gasteiger charge is 2.19. The average Bonchev–Trinajstić information content (AvgIpc) is 2.89. The molecule has 0 unspecified atom stereocenters. The second kappa shape index (κ2) is 7.54. The second-order valence-electron chi connectivity index (χ2n) is 4.57. The van der Waals surface area contributed by atoms with Crippen LogP contribution in [0.1, 0.15) is 11.4 Å². The van der Waals surface area contributed by atoms with Crippen molar-refractivity contribution in [3.63, 3.8) is 0 Å². The number of aromatic nitrogens is 2. The molecule has 1 amide bonds. The molecule has 1 aromatic heterocycles. The minimum Gasteiger partial charge on any atom is -0.358 e. The van der Waals surface area contributed by atoms with E-state index < -0.39 is 10.8 Å². The molecule has 0 atom stereocenters. The first-order valence-electron chi connectivity index (χ1n) is 6.63. The molecule has 1 heterocycles. The van der Waals surface area contributed by atoms with Crippen molar-refractivity contribution in [3.8, 4) is 0 Å². The molecule has 120 valence electrons. The number of benzene rings is 1. The fraction of sp³-hybridized carbons (Fsp3) is 0.214. The minimum absolute atomic E-state index is 0.217. The summed E-state index contributed by atoms with van der Waals surface area (Å²) in [5, 5.41) is 14.7. The molecule has 0 aliphatic carbocycles. The van der Waals surface area contributed by atoms with E-state index in [0.717, 1.165) is 16.7 Å². The van der Waals surface area contributed by atoms with Crippen LogP contribution in [-0.4, -0.2) is 32.9 Å². The Morgan fingerprint density at radius 3 is 2.78 bits per heavy atom. The second-order valence-corrected chi connectivity index (χ2v) is 5.45. The molecule has 0 aliphatic rings. The van der Waals surface area contributed by atoms with Crippen molar-refractivity contribution in [2.24, 2.45) is 5.10 Å². The Labute approximate surface area is 136 Å². The van der Waals surface area contributed by atoms with Crippen LogP contribution >= 0.6 is 11.8 Å². The van der Waals surface area contributed by atoms with Crippen molar-refractivity contribution in [1.29, 1.82) is 0 Å². The smallest absolute Gasteiger partial charge is 0.343 e. The fourth-order valence-electron chi connectivity index (χ4n) is 1.85.